The molecule has 1 amide bonds. The highest BCUT2D eigenvalue weighted by atomic mass is 32.2. The number of thiophene rings is 1. The zero-order valence-corrected chi connectivity index (χ0v) is 10.7. The van der Waals surface area contributed by atoms with E-state index >= 15 is 0 Å². The number of nitrogens with one attached hydrogen (secondary N) is 2. The Labute approximate surface area is 98.9 Å². The third-order valence-corrected chi connectivity index (χ3v) is 4.43. The lowest BCUT2D eigenvalue weighted by atomic mass is 10.4. The van der Waals surface area contributed by atoms with Gasteiger partial charge in [0, 0.05) is 6.04 Å². The maximum atomic E-state index is 11.6. The normalized spacial score (nSPS) is 11.7. The van der Waals surface area contributed by atoms with E-state index in [2.05, 4.69) is 10.0 Å². The predicted molar refractivity (Wildman–Crippen MR) is 62.8 cm³/mol. The fourth-order valence-electron chi connectivity index (χ4n) is 1.02. The second-order valence-corrected chi connectivity index (χ2v) is 6.42. The number of amides is 1. The molecule has 0 saturated heterocycles. The summed E-state index contributed by atoms with van der Waals surface area (Å²) in [7, 11) is -3.54. The molecule has 1 rings (SSSR count). The van der Waals surface area contributed by atoms with E-state index in [0.717, 1.165) is 11.3 Å². The van der Waals surface area contributed by atoms with Crippen molar-refractivity contribution in [3.05, 3.63) is 17.5 Å². The van der Waals surface area contributed by atoms with Gasteiger partial charge in [0.25, 0.3) is 10.0 Å². The molecule has 0 aliphatic heterocycles. The molecule has 0 fully saturated rings. The van der Waals surface area contributed by atoms with Gasteiger partial charge in [0.05, 0.1) is 6.54 Å². The van der Waals surface area contributed by atoms with Crippen LogP contribution in [0.25, 0.3) is 0 Å². The highest BCUT2D eigenvalue weighted by Crippen LogP contribution is 2.14. The summed E-state index contributed by atoms with van der Waals surface area (Å²) in [5, 5.41) is 4.27. The largest absolute Gasteiger partial charge is 0.353 e. The minimum atomic E-state index is -3.54. The standard InChI is InChI=1S/C9H14N2O3S2/c1-7(2)11-8(12)6-10-16(13,14)9-4-3-5-15-9/h3-5,7,10H,6H2,1-2H3,(H,11,12). The van der Waals surface area contributed by atoms with Crippen LogP contribution in [-0.2, 0) is 14.8 Å². The fourth-order valence-corrected chi connectivity index (χ4v) is 3.04. The zero-order chi connectivity index (χ0) is 12.2. The first-order valence-corrected chi connectivity index (χ1v) is 7.10. The van der Waals surface area contributed by atoms with E-state index in [4.69, 9.17) is 0 Å². The molecule has 90 valence electrons. The Morgan fingerprint density at radius 1 is 1.50 bits per heavy atom. The van der Waals surface area contributed by atoms with Gasteiger partial charge >= 0.3 is 0 Å². The highest BCUT2D eigenvalue weighted by Gasteiger charge is 2.16. The quantitative estimate of drug-likeness (QED) is 0.813. The molecule has 1 aromatic heterocycles. The summed E-state index contributed by atoms with van der Waals surface area (Å²) in [5.41, 5.74) is 0. The number of carbonyl (C=O) groups is 1. The SMILES string of the molecule is CC(C)NC(=O)CNS(=O)(=O)c1cccs1. The topological polar surface area (TPSA) is 75.3 Å². The summed E-state index contributed by atoms with van der Waals surface area (Å²) in [6, 6.07) is 3.14. The van der Waals surface area contributed by atoms with Crippen molar-refractivity contribution in [2.75, 3.05) is 6.54 Å². The lowest BCUT2D eigenvalue weighted by Gasteiger charge is -2.08. The molecule has 0 atom stereocenters. The van der Waals surface area contributed by atoms with Crippen molar-refractivity contribution in [1.29, 1.82) is 0 Å². The molecule has 0 radical (unpaired) electrons. The summed E-state index contributed by atoms with van der Waals surface area (Å²) in [6.45, 7) is 3.38. The smallest absolute Gasteiger partial charge is 0.250 e. The van der Waals surface area contributed by atoms with Crippen molar-refractivity contribution in [2.24, 2.45) is 0 Å². The lowest BCUT2D eigenvalue weighted by Crippen LogP contribution is -2.39. The molecule has 0 aliphatic carbocycles. The average molecular weight is 262 g/mol. The van der Waals surface area contributed by atoms with Crippen molar-refractivity contribution in [2.45, 2.75) is 24.1 Å². The van der Waals surface area contributed by atoms with Crippen LogP contribution in [0.4, 0.5) is 0 Å². The summed E-state index contributed by atoms with van der Waals surface area (Å²) in [5.74, 6) is -0.338. The molecule has 16 heavy (non-hydrogen) atoms. The summed E-state index contributed by atoms with van der Waals surface area (Å²) in [4.78, 5) is 11.2. The van der Waals surface area contributed by atoms with Crippen LogP contribution in [-0.4, -0.2) is 26.9 Å². The van der Waals surface area contributed by atoms with Crippen molar-refractivity contribution in [3.8, 4) is 0 Å². The van der Waals surface area contributed by atoms with Crippen LogP contribution in [0.3, 0.4) is 0 Å². The van der Waals surface area contributed by atoms with Crippen molar-refractivity contribution in [3.63, 3.8) is 0 Å². The second kappa shape index (κ2) is 5.42. The van der Waals surface area contributed by atoms with E-state index in [1.807, 2.05) is 13.8 Å². The molecule has 0 aliphatic rings. The van der Waals surface area contributed by atoms with Crippen molar-refractivity contribution < 1.29 is 13.2 Å². The van der Waals surface area contributed by atoms with Crippen LogP contribution in [0.15, 0.2) is 21.7 Å². The summed E-state index contributed by atoms with van der Waals surface area (Å²) < 4.78 is 25.7. The number of carbonyl (C=O) groups excluding carboxylic acids is 1. The van der Waals surface area contributed by atoms with Crippen LogP contribution in [0, 0.1) is 0 Å². The number of rotatable bonds is 5. The van der Waals surface area contributed by atoms with Gasteiger partial charge in [0.1, 0.15) is 4.21 Å². The van der Waals surface area contributed by atoms with Crippen LogP contribution < -0.4 is 10.0 Å². The molecule has 0 unspecified atom stereocenters. The van der Waals surface area contributed by atoms with E-state index in [1.165, 1.54) is 6.07 Å². The van der Waals surface area contributed by atoms with Crippen LogP contribution >= 0.6 is 11.3 Å². The zero-order valence-electron chi connectivity index (χ0n) is 9.06. The van der Waals surface area contributed by atoms with E-state index in [-0.39, 0.29) is 22.7 Å². The third-order valence-electron chi connectivity index (χ3n) is 1.63. The van der Waals surface area contributed by atoms with Crippen LogP contribution in [0.5, 0.6) is 0 Å². The van der Waals surface area contributed by atoms with Gasteiger partial charge in [-0.2, -0.15) is 0 Å². The molecule has 5 nitrogen and oxygen atoms in total. The molecule has 0 saturated carbocycles. The van der Waals surface area contributed by atoms with Gasteiger partial charge in [-0.15, -0.1) is 11.3 Å². The molecular formula is C9H14N2O3S2. The lowest BCUT2D eigenvalue weighted by molar-refractivity contribution is -0.120. The summed E-state index contributed by atoms with van der Waals surface area (Å²) in [6.07, 6.45) is 0. The van der Waals surface area contributed by atoms with Gasteiger partial charge < -0.3 is 5.32 Å². The Bertz CT molecular complexity index is 437. The molecule has 0 aromatic carbocycles. The molecule has 0 spiro atoms. The van der Waals surface area contributed by atoms with Crippen LogP contribution in [0.1, 0.15) is 13.8 Å². The van der Waals surface area contributed by atoms with E-state index in [0.29, 0.717) is 0 Å². The first-order valence-electron chi connectivity index (χ1n) is 4.74. The molecule has 7 heteroatoms. The number of hydrogen-bond acceptors (Lipinski definition) is 4. The Morgan fingerprint density at radius 2 is 2.19 bits per heavy atom. The van der Waals surface area contributed by atoms with Gasteiger partial charge in [0.2, 0.25) is 5.91 Å². The molecule has 1 aromatic rings. The Balaban J connectivity index is 2.53. The Kier molecular flexibility index (Phi) is 4.45. The van der Waals surface area contributed by atoms with Crippen LogP contribution in [0.2, 0.25) is 0 Å². The first kappa shape index (κ1) is 13.1. The van der Waals surface area contributed by atoms with E-state index in [9.17, 15) is 13.2 Å². The third kappa shape index (κ3) is 3.92. The Hall–Kier alpha value is -0.920. The first-order chi connectivity index (χ1) is 7.42. The van der Waals surface area contributed by atoms with E-state index < -0.39 is 10.0 Å². The average Bonchev–Trinajstić information content (AvgIpc) is 2.67. The minimum absolute atomic E-state index is 0.00116. The van der Waals surface area contributed by atoms with Crippen molar-refractivity contribution >= 4 is 27.3 Å². The molecular weight excluding hydrogens is 248 g/mol. The molecule has 2 N–H and O–H groups in total. The van der Waals surface area contributed by atoms with Gasteiger partial charge in [-0.1, -0.05) is 6.07 Å². The summed E-state index contributed by atoms with van der Waals surface area (Å²) >= 11 is 1.11. The fraction of sp³-hybridized carbons (Fsp3) is 0.444. The van der Waals surface area contributed by atoms with Gasteiger partial charge in [-0.25, -0.2) is 13.1 Å². The van der Waals surface area contributed by atoms with Gasteiger partial charge in [-0.3, -0.25) is 4.79 Å². The Morgan fingerprint density at radius 3 is 2.69 bits per heavy atom. The molecule has 1 heterocycles. The maximum absolute atomic E-state index is 11.6. The van der Waals surface area contributed by atoms with Gasteiger partial charge in [-0.05, 0) is 25.3 Å². The number of sulfonamides is 1. The van der Waals surface area contributed by atoms with Gasteiger partial charge in [0.15, 0.2) is 0 Å². The monoisotopic (exact) mass is 262 g/mol. The van der Waals surface area contributed by atoms with E-state index in [1.54, 1.807) is 11.4 Å². The van der Waals surface area contributed by atoms with Crippen molar-refractivity contribution in [1.82, 2.24) is 10.0 Å². The highest BCUT2D eigenvalue weighted by molar-refractivity contribution is 7.91. The number of hydrogen-bond donors (Lipinski definition) is 2. The molecule has 0 bridgehead atoms. The minimum Gasteiger partial charge on any atom is -0.353 e. The second-order valence-electron chi connectivity index (χ2n) is 3.48. The predicted octanol–water partition coefficient (Wildman–Crippen LogP) is 0.551. The maximum Gasteiger partial charge on any atom is 0.250 e.